The van der Waals surface area contributed by atoms with Gasteiger partial charge < -0.3 is 10.1 Å². The van der Waals surface area contributed by atoms with Gasteiger partial charge in [-0.05, 0) is 69.1 Å². The van der Waals surface area contributed by atoms with Crippen molar-refractivity contribution in [3.05, 3.63) is 10.5 Å². The van der Waals surface area contributed by atoms with E-state index in [1.807, 2.05) is 0 Å². The number of nitrogens with zero attached hydrogens (tertiary/aromatic N) is 2. The first-order chi connectivity index (χ1) is 13.1. The van der Waals surface area contributed by atoms with E-state index in [0.717, 1.165) is 56.5 Å². The highest BCUT2D eigenvalue weighted by Gasteiger charge is 2.51. The molecule has 0 aromatic carbocycles. The molecule has 1 saturated heterocycles. The van der Waals surface area contributed by atoms with E-state index in [2.05, 4.69) is 15.5 Å². The van der Waals surface area contributed by atoms with Gasteiger partial charge >= 0.3 is 5.69 Å². The summed E-state index contributed by atoms with van der Waals surface area (Å²) in [6, 6.07) is 0. The van der Waals surface area contributed by atoms with E-state index in [9.17, 15) is 9.59 Å². The number of aromatic amines is 1. The molecule has 0 unspecified atom stereocenters. The second-order valence-corrected chi connectivity index (χ2v) is 10.0. The Balaban J connectivity index is 1.20. The Labute approximate surface area is 163 Å². The number of hydrogen-bond donors (Lipinski definition) is 2. The van der Waals surface area contributed by atoms with Crippen LogP contribution >= 0.6 is 11.8 Å². The SMILES string of the molecule is O=C(CSc1n[nH]c(=O)n1C[C@H]1CCCO1)NC12CC3CC(CC(C3)C1)C2. The van der Waals surface area contributed by atoms with Crippen molar-refractivity contribution >= 4 is 17.7 Å². The van der Waals surface area contributed by atoms with Crippen molar-refractivity contribution in [3.63, 3.8) is 0 Å². The molecule has 0 radical (unpaired) electrons. The first-order valence-electron chi connectivity index (χ1n) is 10.3. The van der Waals surface area contributed by atoms with E-state index >= 15 is 0 Å². The number of rotatable bonds is 6. The van der Waals surface area contributed by atoms with Gasteiger partial charge in [0.1, 0.15) is 0 Å². The smallest absolute Gasteiger partial charge is 0.344 e. The molecule has 1 atom stereocenters. The molecule has 0 spiro atoms. The number of ether oxygens (including phenoxy) is 1. The van der Waals surface area contributed by atoms with Crippen LogP contribution in [0.5, 0.6) is 0 Å². The maximum absolute atomic E-state index is 12.7. The lowest BCUT2D eigenvalue weighted by Gasteiger charge is -2.56. The van der Waals surface area contributed by atoms with Crippen molar-refractivity contribution in [1.82, 2.24) is 20.1 Å². The average Bonchev–Trinajstić information content (AvgIpc) is 3.23. The number of carbonyl (C=O) groups is 1. The molecule has 4 aliphatic carbocycles. The Bertz CT molecular complexity index is 732. The van der Waals surface area contributed by atoms with Crippen molar-refractivity contribution in [3.8, 4) is 0 Å². The van der Waals surface area contributed by atoms with Gasteiger partial charge in [0.15, 0.2) is 5.16 Å². The molecule has 148 valence electrons. The summed E-state index contributed by atoms with van der Waals surface area (Å²) in [5, 5.41) is 10.6. The lowest BCUT2D eigenvalue weighted by Crippen LogP contribution is -2.60. The number of amides is 1. The molecule has 4 saturated carbocycles. The third-order valence-corrected chi connectivity index (χ3v) is 7.89. The lowest BCUT2D eigenvalue weighted by molar-refractivity contribution is -0.124. The molecule has 7 nitrogen and oxygen atoms in total. The Morgan fingerprint density at radius 3 is 2.59 bits per heavy atom. The van der Waals surface area contributed by atoms with E-state index < -0.39 is 0 Å². The second kappa shape index (κ2) is 6.95. The number of nitrogens with one attached hydrogen (secondary N) is 2. The molecule has 5 fully saturated rings. The van der Waals surface area contributed by atoms with Crippen LogP contribution in [-0.2, 0) is 16.1 Å². The van der Waals surface area contributed by atoms with Crippen LogP contribution in [0.2, 0.25) is 0 Å². The fourth-order valence-corrected chi connectivity index (χ4v) is 7.05. The molecule has 27 heavy (non-hydrogen) atoms. The van der Waals surface area contributed by atoms with Gasteiger partial charge in [-0.25, -0.2) is 9.89 Å². The van der Waals surface area contributed by atoms with Crippen molar-refractivity contribution in [1.29, 1.82) is 0 Å². The molecule has 1 amide bonds. The van der Waals surface area contributed by atoms with Crippen LogP contribution in [-0.4, -0.2) is 44.7 Å². The van der Waals surface area contributed by atoms with Crippen molar-refractivity contribution in [2.75, 3.05) is 12.4 Å². The number of hydrogen-bond acceptors (Lipinski definition) is 5. The van der Waals surface area contributed by atoms with Gasteiger partial charge in [-0.3, -0.25) is 9.36 Å². The molecule has 6 rings (SSSR count). The minimum Gasteiger partial charge on any atom is -0.376 e. The van der Waals surface area contributed by atoms with Gasteiger partial charge in [0.05, 0.1) is 18.4 Å². The first-order valence-corrected chi connectivity index (χ1v) is 11.3. The van der Waals surface area contributed by atoms with E-state index in [-0.39, 0.29) is 23.2 Å². The van der Waals surface area contributed by atoms with Crippen LogP contribution < -0.4 is 11.0 Å². The van der Waals surface area contributed by atoms with Crippen LogP contribution in [0.4, 0.5) is 0 Å². The molecule has 8 heteroatoms. The van der Waals surface area contributed by atoms with Crippen LogP contribution in [0.15, 0.2) is 9.95 Å². The standard InChI is InChI=1S/C19H28N4O3S/c24-16(20-19-7-12-4-13(8-19)6-14(5-12)9-19)11-27-18-22-21-17(25)23(18)10-15-2-1-3-26-15/h12-15H,1-11H2,(H,20,24)(H,21,25)/t12?,13?,14?,15-,19?/m1/s1. The molecule has 2 heterocycles. The summed E-state index contributed by atoms with van der Waals surface area (Å²) in [7, 11) is 0. The maximum atomic E-state index is 12.7. The van der Waals surface area contributed by atoms with E-state index in [1.165, 1.54) is 31.0 Å². The molecule has 2 N–H and O–H groups in total. The summed E-state index contributed by atoms with van der Waals surface area (Å²) in [5.41, 5.74) is -0.190. The van der Waals surface area contributed by atoms with Crippen molar-refractivity contribution in [2.45, 2.75) is 74.7 Å². The maximum Gasteiger partial charge on any atom is 0.344 e. The Morgan fingerprint density at radius 1 is 1.26 bits per heavy atom. The molecular formula is C19H28N4O3S. The van der Waals surface area contributed by atoms with Crippen molar-refractivity contribution < 1.29 is 9.53 Å². The fourth-order valence-electron chi connectivity index (χ4n) is 6.29. The molecule has 1 aromatic rings. The normalized spacial score (nSPS) is 37.0. The second-order valence-electron chi connectivity index (χ2n) is 9.09. The Hall–Kier alpha value is -1.28. The average molecular weight is 393 g/mol. The number of aromatic nitrogens is 3. The van der Waals surface area contributed by atoms with Crippen LogP contribution in [0.3, 0.4) is 0 Å². The van der Waals surface area contributed by atoms with Gasteiger partial charge in [0, 0.05) is 12.1 Å². The topological polar surface area (TPSA) is 89.0 Å². The minimum atomic E-state index is -0.227. The zero-order chi connectivity index (χ0) is 18.4. The highest BCUT2D eigenvalue weighted by molar-refractivity contribution is 7.99. The fraction of sp³-hybridized carbons (Fsp3) is 0.842. The van der Waals surface area contributed by atoms with Gasteiger partial charge in [-0.15, -0.1) is 5.10 Å². The molecule has 1 aromatic heterocycles. The molecule has 1 aliphatic heterocycles. The first kappa shape index (κ1) is 17.8. The van der Waals surface area contributed by atoms with Gasteiger partial charge in [-0.1, -0.05) is 11.8 Å². The van der Waals surface area contributed by atoms with Gasteiger partial charge in [0.25, 0.3) is 0 Å². The zero-order valence-electron chi connectivity index (χ0n) is 15.6. The summed E-state index contributed by atoms with van der Waals surface area (Å²) in [6.45, 7) is 1.27. The van der Waals surface area contributed by atoms with E-state index in [4.69, 9.17) is 4.74 Å². The molecule has 5 aliphatic rings. The minimum absolute atomic E-state index is 0.0370. The van der Waals surface area contributed by atoms with Gasteiger partial charge in [-0.2, -0.15) is 0 Å². The summed E-state index contributed by atoms with van der Waals surface area (Å²) in [6.07, 6.45) is 9.64. The lowest BCUT2D eigenvalue weighted by atomic mass is 9.53. The van der Waals surface area contributed by atoms with E-state index in [1.54, 1.807) is 4.57 Å². The summed E-state index contributed by atoms with van der Waals surface area (Å²) >= 11 is 1.34. The highest BCUT2D eigenvalue weighted by atomic mass is 32.2. The van der Waals surface area contributed by atoms with E-state index in [0.29, 0.717) is 17.5 Å². The monoisotopic (exact) mass is 392 g/mol. The zero-order valence-corrected chi connectivity index (χ0v) is 16.4. The predicted molar refractivity (Wildman–Crippen MR) is 102 cm³/mol. The largest absolute Gasteiger partial charge is 0.376 e. The summed E-state index contributed by atoms with van der Waals surface area (Å²) < 4.78 is 7.24. The quantitative estimate of drug-likeness (QED) is 0.722. The highest BCUT2D eigenvalue weighted by Crippen LogP contribution is 2.55. The summed E-state index contributed by atoms with van der Waals surface area (Å²) in [5.74, 6) is 2.81. The number of thioether (sulfide) groups is 1. The molecule has 4 bridgehead atoms. The Kier molecular flexibility index (Phi) is 4.58. The van der Waals surface area contributed by atoms with Crippen LogP contribution in [0.25, 0.3) is 0 Å². The molecular weight excluding hydrogens is 364 g/mol. The van der Waals surface area contributed by atoms with Gasteiger partial charge in [0.2, 0.25) is 5.91 Å². The Morgan fingerprint density at radius 2 is 1.96 bits per heavy atom. The third kappa shape index (κ3) is 3.58. The number of carbonyl (C=O) groups excluding carboxylic acids is 1. The van der Waals surface area contributed by atoms with Crippen LogP contribution in [0.1, 0.15) is 51.4 Å². The third-order valence-electron chi connectivity index (χ3n) is 6.91. The summed E-state index contributed by atoms with van der Waals surface area (Å²) in [4.78, 5) is 24.7. The number of H-pyrrole nitrogens is 1. The van der Waals surface area contributed by atoms with Crippen molar-refractivity contribution in [2.24, 2.45) is 17.8 Å². The predicted octanol–water partition coefficient (Wildman–Crippen LogP) is 1.93. The van der Waals surface area contributed by atoms with Crippen LogP contribution in [0, 0.1) is 17.8 Å².